The molecule has 0 saturated heterocycles. The molecule has 0 aromatic carbocycles. The van der Waals surface area contributed by atoms with Gasteiger partial charge in [-0.25, -0.2) is 4.98 Å². The molecule has 0 radical (unpaired) electrons. The van der Waals surface area contributed by atoms with Crippen molar-refractivity contribution in [2.24, 2.45) is 0 Å². The highest BCUT2D eigenvalue weighted by atomic mass is 16.5. The zero-order valence-electron chi connectivity index (χ0n) is 12.4. The zero-order valence-corrected chi connectivity index (χ0v) is 12.4. The van der Waals surface area contributed by atoms with E-state index < -0.39 is 0 Å². The Labute approximate surface area is 115 Å². The standard InChI is InChI=1S/C16H22N2O/c1-6-11-7-8-13(18-15(11)19-5)12-9-10-17-14(12)16(2,3)4/h7-10,17H,6H2,1-5H3. The summed E-state index contributed by atoms with van der Waals surface area (Å²) in [6.07, 6.45) is 2.90. The van der Waals surface area contributed by atoms with Crippen LogP contribution in [0.4, 0.5) is 0 Å². The van der Waals surface area contributed by atoms with Gasteiger partial charge >= 0.3 is 0 Å². The van der Waals surface area contributed by atoms with Crippen LogP contribution in [0.2, 0.25) is 0 Å². The van der Waals surface area contributed by atoms with E-state index in [1.54, 1.807) is 7.11 Å². The summed E-state index contributed by atoms with van der Waals surface area (Å²) in [4.78, 5) is 7.97. The molecule has 19 heavy (non-hydrogen) atoms. The Hall–Kier alpha value is -1.77. The first kappa shape index (κ1) is 13.7. The van der Waals surface area contributed by atoms with Gasteiger partial charge < -0.3 is 9.72 Å². The molecule has 0 aliphatic rings. The van der Waals surface area contributed by atoms with Crippen LogP contribution in [0, 0.1) is 0 Å². The van der Waals surface area contributed by atoms with E-state index in [9.17, 15) is 0 Å². The maximum absolute atomic E-state index is 5.38. The largest absolute Gasteiger partial charge is 0.481 e. The first-order valence-corrected chi connectivity index (χ1v) is 6.69. The van der Waals surface area contributed by atoms with Gasteiger partial charge in [0, 0.05) is 28.4 Å². The van der Waals surface area contributed by atoms with E-state index in [4.69, 9.17) is 4.74 Å². The van der Waals surface area contributed by atoms with Crippen molar-refractivity contribution in [2.75, 3.05) is 7.11 Å². The monoisotopic (exact) mass is 258 g/mol. The van der Waals surface area contributed by atoms with Gasteiger partial charge in [-0.05, 0) is 18.6 Å². The summed E-state index contributed by atoms with van der Waals surface area (Å²) < 4.78 is 5.38. The molecule has 0 saturated carbocycles. The van der Waals surface area contributed by atoms with Gasteiger partial charge in [-0.3, -0.25) is 0 Å². The summed E-state index contributed by atoms with van der Waals surface area (Å²) in [6.45, 7) is 8.69. The van der Waals surface area contributed by atoms with Crippen LogP contribution in [-0.4, -0.2) is 17.1 Å². The number of aromatic amines is 1. The summed E-state index contributed by atoms with van der Waals surface area (Å²) in [5, 5.41) is 0. The number of aryl methyl sites for hydroxylation is 1. The number of hydrogen-bond donors (Lipinski definition) is 1. The van der Waals surface area contributed by atoms with Gasteiger partial charge in [0.25, 0.3) is 0 Å². The van der Waals surface area contributed by atoms with Crippen molar-refractivity contribution in [1.29, 1.82) is 0 Å². The number of aromatic nitrogens is 2. The molecule has 2 aromatic rings. The maximum Gasteiger partial charge on any atom is 0.216 e. The lowest BCUT2D eigenvalue weighted by molar-refractivity contribution is 0.393. The van der Waals surface area contributed by atoms with E-state index in [1.165, 1.54) is 5.69 Å². The quantitative estimate of drug-likeness (QED) is 0.905. The number of methoxy groups -OCH3 is 1. The lowest BCUT2D eigenvalue weighted by Gasteiger charge is -2.19. The van der Waals surface area contributed by atoms with Crippen LogP contribution in [0.25, 0.3) is 11.3 Å². The Kier molecular flexibility index (Phi) is 3.65. The van der Waals surface area contributed by atoms with Crippen LogP contribution in [0.1, 0.15) is 39.0 Å². The molecule has 0 atom stereocenters. The minimum atomic E-state index is 0.0666. The summed E-state index contributed by atoms with van der Waals surface area (Å²) >= 11 is 0. The summed E-state index contributed by atoms with van der Waals surface area (Å²) in [5.41, 5.74) is 4.51. The number of ether oxygens (including phenoxy) is 1. The minimum Gasteiger partial charge on any atom is -0.481 e. The molecular formula is C16H22N2O. The molecule has 3 nitrogen and oxygen atoms in total. The Bertz CT molecular complexity index is 564. The first-order chi connectivity index (χ1) is 8.97. The molecule has 2 rings (SSSR count). The van der Waals surface area contributed by atoms with E-state index in [1.807, 2.05) is 6.20 Å². The van der Waals surface area contributed by atoms with E-state index in [-0.39, 0.29) is 5.41 Å². The number of H-pyrrole nitrogens is 1. The van der Waals surface area contributed by atoms with Crippen LogP contribution in [0.15, 0.2) is 24.4 Å². The number of hydrogen-bond acceptors (Lipinski definition) is 2. The topological polar surface area (TPSA) is 37.9 Å². The number of nitrogens with one attached hydrogen (secondary N) is 1. The zero-order chi connectivity index (χ0) is 14.0. The minimum absolute atomic E-state index is 0.0666. The Morgan fingerprint density at radius 2 is 1.95 bits per heavy atom. The molecule has 102 valence electrons. The first-order valence-electron chi connectivity index (χ1n) is 6.69. The van der Waals surface area contributed by atoms with Gasteiger partial charge in [0.1, 0.15) is 0 Å². The smallest absolute Gasteiger partial charge is 0.216 e. The van der Waals surface area contributed by atoms with Crippen molar-refractivity contribution in [3.8, 4) is 17.1 Å². The molecule has 0 fully saturated rings. The van der Waals surface area contributed by atoms with Crippen LogP contribution < -0.4 is 4.74 Å². The number of nitrogens with zero attached hydrogens (tertiary/aromatic N) is 1. The molecule has 0 aliphatic heterocycles. The molecule has 0 spiro atoms. The Morgan fingerprint density at radius 3 is 2.53 bits per heavy atom. The van der Waals surface area contributed by atoms with Crippen LogP contribution >= 0.6 is 0 Å². The predicted octanol–water partition coefficient (Wildman–Crippen LogP) is 3.95. The molecule has 3 heteroatoms. The van der Waals surface area contributed by atoms with Crippen molar-refractivity contribution in [1.82, 2.24) is 9.97 Å². The molecule has 0 aliphatic carbocycles. The average molecular weight is 258 g/mol. The second-order valence-corrected chi connectivity index (χ2v) is 5.73. The average Bonchev–Trinajstić information content (AvgIpc) is 2.87. The summed E-state index contributed by atoms with van der Waals surface area (Å²) in [5.74, 6) is 0.723. The molecule has 2 heterocycles. The highest BCUT2D eigenvalue weighted by Crippen LogP contribution is 2.32. The molecule has 0 amide bonds. The summed E-state index contributed by atoms with van der Waals surface area (Å²) in [7, 11) is 1.67. The summed E-state index contributed by atoms with van der Waals surface area (Å²) in [6, 6.07) is 6.24. The molecule has 1 N–H and O–H groups in total. The predicted molar refractivity (Wildman–Crippen MR) is 78.7 cm³/mol. The van der Waals surface area contributed by atoms with Crippen molar-refractivity contribution < 1.29 is 4.74 Å². The van der Waals surface area contributed by atoms with Crippen molar-refractivity contribution in [2.45, 2.75) is 39.5 Å². The molecule has 0 bridgehead atoms. The fraction of sp³-hybridized carbons (Fsp3) is 0.438. The van der Waals surface area contributed by atoms with Gasteiger partial charge in [-0.2, -0.15) is 0 Å². The third-order valence-corrected chi connectivity index (χ3v) is 3.29. The van der Waals surface area contributed by atoms with Gasteiger partial charge in [0.05, 0.1) is 12.8 Å². The fourth-order valence-electron chi connectivity index (χ4n) is 2.27. The van der Waals surface area contributed by atoms with Gasteiger partial charge in [-0.15, -0.1) is 0 Å². The number of pyridine rings is 1. The number of rotatable bonds is 3. The Balaban J connectivity index is 2.51. The fourth-order valence-corrected chi connectivity index (χ4v) is 2.27. The highest BCUT2D eigenvalue weighted by Gasteiger charge is 2.21. The second-order valence-electron chi connectivity index (χ2n) is 5.73. The SMILES string of the molecule is CCc1ccc(-c2cc[nH]c2C(C)(C)C)nc1OC. The van der Waals surface area contributed by atoms with Crippen molar-refractivity contribution in [3.05, 3.63) is 35.7 Å². The van der Waals surface area contributed by atoms with E-state index >= 15 is 0 Å². The second kappa shape index (κ2) is 5.08. The molecule has 0 unspecified atom stereocenters. The van der Waals surface area contributed by atoms with E-state index in [2.05, 4.69) is 55.9 Å². The van der Waals surface area contributed by atoms with Gasteiger partial charge in [0.2, 0.25) is 5.88 Å². The third-order valence-electron chi connectivity index (χ3n) is 3.29. The molecule has 2 aromatic heterocycles. The van der Waals surface area contributed by atoms with E-state index in [0.29, 0.717) is 0 Å². The normalized spacial score (nSPS) is 11.6. The molecular weight excluding hydrogens is 236 g/mol. The Morgan fingerprint density at radius 1 is 1.21 bits per heavy atom. The van der Waals surface area contributed by atoms with Crippen LogP contribution in [0.3, 0.4) is 0 Å². The van der Waals surface area contributed by atoms with E-state index in [0.717, 1.165) is 29.1 Å². The lowest BCUT2D eigenvalue weighted by Crippen LogP contribution is -2.13. The van der Waals surface area contributed by atoms with Gasteiger partial charge in [-0.1, -0.05) is 33.8 Å². The maximum atomic E-state index is 5.38. The highest BCUT2D eigenvalue weighted by molar-refractivity contribution is 5.64. The van der Waals surface area contributed by atoms with Crippen molar-refractivity contribution in [3.63, 3.8) is 0 Å². The van der Waals surface area contributed by atoms with Gasteiger partial charge in [0.15, 0.2) is 0 Å². The van der Waals surface area contributed by atoms with Crippen LogP contribution in [-0.2, 0) is 11.8 Å². The van der Waals surface area contributed by atoms with Crippen molar-refractivity contribution >= 4 is 0 Å². The lowest BCUT2D eigenvalue weighted by atomic mass is 9.88. The van der Waals surface area contributed by atoms with Crippen LogP contribution in [0.5, 0.6) is 5.88 Å². The third kappa shape index (κ3) is 2.65.